The van der Waals surface area contributed by atoms with Crippen molar-refractivity contribution in [3.63, 3.8) is 0 Å². The minimum Gasteiger partial charge on any atom is -0.451 e. The summed E-state index contributed by atoms with van der Waals surface area (Å²) in [5.41, 5.74) is 3.22. The van der Waals surface area contributed by atoms with Crippen LogP contribution in [0.1, 0.15) is 27.6 Å². The summed E-state index contributed by atoms with van der Waals surface area (Å²) in [6.07, 6.45) is 1.66. The van der Waals surface area contributed by atoms with Gasteiger partial charge in [-0.3, -0.25) is 9.78 Å². The normalized spacial score (nSPS) is 11.1. The molecule has 0 unspecified atom stereocenters. The highest BCUT2D eigenvalue weighted by Crippen LogP contribution is 2.27. The number of pyridine rings is 1. The zero-order chi connectivity index (χ0) is 19.0. The van der Waals surface area contributed by atoms with Crippen molar-refractivity contribution in [2.75, 3.05) is 7.05 Å². The van der Waals surface area contributed by atoms with Gasteiger partial charge in [-0.15, -0.1) is 0 Å². The first kappa shape index (κ1) is 17.0. The molecule has 136 valence electrons. The van der Waals surface area contributed by atoms with E-state index in [1.165, 1.54) is 4.90 Å². The van der Waals surface area contributed by atoms with E-state index in [1.807, 2.05) is 44.2 Å². The van der Waals surface area contributed by atoms with Crippen LogP contribution in [0.5, 0.6) is 0 Å². The number of rotatable bonds is 4. The summed E-state index contributed by atoms with van der Waals surface area (Å²) >= 11 is 0. The van der Waals surface area contributed by atoms with E-state index in [-0.39, 0.29) is 12.5 Å². The fourth-order valence-corrected chi connectivity index (χ4v) is 2.90. The number of aromatic nitrogens is 3. The summed E-state index contributed by atoms with van der Waals surface area (Å²) in [5, 5.41) is 4.86. The maximum atomic E-state index is 12.8. The fraction of sp³-hybridized carbons (Fsp3) is 0.200. The van der Waals surface area contributed by atoms with E-state index in [4.69, 9.17) is 8.94 Å². The summed E-state index contributed by atoms with van der Waals surface area (Å²) in [6.45, 7) is 4.04. The molecule has 0 aliphatic rings. The van der Waals surface area contributed by atoms with E-state index in [9.17, 15) is 4.79 Å². The summed E-state index contributed by atoms with van der Waals surface area (Å²) in [4.78, 5) is 22.8. The molecule has 0 aliphatic heterocycles. The number of hydrogen-bond donors (Lipinski definition) is 0. The van der Waals surface area contributed by atoms with E-state index < -0.39 is 0 Å². The molecule has 1 aromatic carbocycles. The molecule has 4 rings (SSSR count). The quantitative estimate of drug-likeness (QED) is 0.549. The molecule has 3 aromatic heterocycles. The number of nitrogens with zero attached hydrogens (tertiary/aromatic N) is 4. The maximum Gasteiger partial charge on any atom is 0.290 e. The topological polar surface area (TPSA) is 85.3 Å². The van der Waals surface area contributed by atoms with Gasteiger partial charge in [0.05, 0.1) is 0 Å². The predicted molar refractivity (Wildman–Crippen MR) is 99.0 cm³/mol. The second-order valence-corrected chi connectivity index (χ2v) is 6.44. The lowest BCUT2D eigenvalue weighted by Crippen LogP contribution is -2.26. The Bertz CT molecular complexity index is 1110. The maximum absolute atomic E-state index is 12.8. The molecule has 7 heteroatoms. The average molecular weight is 362 g/mol. The minimum absolute atomic E-state index is 0.175. The highest BCUT2D eigenvalue weighted by atomic mass is 16.5. The Morgan fingerprint density at radius 3 is 2.81 bits per heavy atom. The molecule has 1 amide bonds. The van der Waals surface area contributed by atoms with Gasteiger partial charge in [0, 0.05) is 24.2 Å². The molecule has 0 radical (unpaired) electrons. The number of furan rings is 1. The Morgan fingerprint density at radius 1 is 1.19 bits per heavy atom. The number of fused-ring (bicyclic) bond motifs is 1. The molecule has 0 bridgehead atoms. The highest BCUT2D eigenvalue weighted by molar-refractivity contribution is 5.98. The van der Waals surface area contributed by atoms with Crippen LogP contribution >= 0.6 is 0 Å². The summed E-state index contributed by atoms with van der Waals surface area (Å²) in [5.74, 6) is 0.805. The van der Waals surface area contributed by atoms with Gasteiger partial charge in [0.2, 0.25) is 11.7 Å². The highest BCUT2D eigenvalue weighted by Gasteiger charge is 2.23. The smallest absolute Gasteiger partial charge is 0.290 e. The molecule has 0 saturated heterocycles. The van der Waals surface area contributed by atoms with Crippen LogP contribution in [-0.4, -0.2) is 33.0 Å². The van der Waals surface area contributed by atoms with E-state index in [2.05, 4.69) is 15.1 Å². The molecule has 4 aromatic rings. The van der Waals surface area contributed by atoms with Gasteiger partial charge >= 0.3 is 0 Å². The van der Waals surface area contributed by atoms with Crippen LogP contribution in [0.25, 0.3) is 22.5 Å². The van der Waals surface area contributed by atoms with Crippen LogP contribution in [0.3, 0.4) is 0 Å². The molecular formula is C20H18N4O3. The first-order valence-electron chi connectivity index (χ1n) is 8.52. The summed E-state index contributed by atoms with van der Waals surface area (Å²) in [6, 6.07) is 11.4. The van der Waals surface area contributed by atoms with Crippen LogP contribution < -0.4 is 0 Å². The zero-order valence-electron chi connectivity index (χ0n) is 15.3. The first-order valence-corrected chi connectivity index (χ1v) is 8.52. The van der Waals surface area contributed by atoms with Gasteiger partial charge in [0.15, 0.2) is 5.76 Å². The molecule has 0 fully saturated rings. The zero-order valence-corrected chi connectivity index (χ0v) is 15.3. The number of hydrogen-bond acceptors (Lipinski definition) is 6. The van der Waals surface area contributed by atoms with E-state index in [0.717, 1.165) is 16.5 Å². The van der Waals surface area contributed by atoms with Crippen molar-refractivity contribution in [3.8, 4) is 11.5 Å². The van der Waals surface area contributed by atoms with Crippen LogP contribution in [0.15, 0.2) is 51.5 Å². The fourth-order valence-electron chi connectivity index (χ4n) is 2.90. The van der Waals surface area contributed by atoms with Crippen LogP contribution in [0.4, 0.5) is 0 Å². The Hall–Kier alpha value is -3.48. The lowest BCUT2D eigenvalue weighted by molar-refractivity contribution is 0.0739. The van der Waals surface area contributed by atoms with Crippen molar-refractivity contribution in [2.24, 2.45) is 0 Å². The SMILES string of the molecule is Cc1ccc2c(C)c(C(=O)N(C)Cc3nc(-c4ccccn4)no3)oc2c1. The molecule has 0 saturated carbocycles. The second kappa shape index (κ2) is 6.68. The van der Waals surface area contributed by atoms with Crippen molar-refractivity contribution in [2.45, 2.75) is 20.4 Å². The van der Waals surface area contributed by atoms with Crippen molar-refractivity contribution in [1.82, 2.24) is 20.0 Å². The van der Waals surface area contributed by atoms with Gasteiger partial charge in [-0.2, -0.15) is 4.98 Å². The van der Waals surface area contributed by atoms with Crippen molar-refractivity contribution >= 4 is 16.9 Å². The molecule has 27 heavy (non-hydrogen) atoms. The monoisotopic (exact) mass is 362 g/mol. The van der Waals surface area contributed by atoms with Gasteiger partial charge in [0.25, 0.3) is 5.91 Å². The largest absolute Gasteiger partial charge is 0.451 e. The summed E-state index contributed by atoms with van der Waals surface area (Å²) < 4.78 is 11.1. The van der Waals surface area contributed by atoms with E-state index >= 15 is 0 Å². The third-order valence-corrected chi connectivity index (χ3v) is 4.37. The van der Waals surface area contributed by atoms with Gasteiger partial charge in [-0.05, 0) is 37.6 Å². The minimum atomic E-state index is -0.237. The standard InChI is InChI=1S/C20H18N4O3/c1-12-7-8-14-13(2)18(26-16(14)10-12)20(25)24(3)11-17-22-19(23-27-17)15-6-4-5-9-21-15/h4-10H,11H2,1-3H3. The summed E-state index contributed by atoms with van der Waals surface area (Å²) in [7, 11) is 1.67. The van der Waals surface area contributed by atoms with Crippen LogP contribution in [-0.2, 0) is 6.54 Å². The van der Waals surface area contributed by atoms with Gasteiger partial charge < -0.3 is 13.8 Å². The predicted octanol–water partition coefficient (Wildman–Crippen LogP) is 3.77. The lowest BCUT2D eigenvalue weighted by atomic mass is 10.1. The molecule has 0 spiro atoms. The van der Waals surface area contributed by atoms with E-state index in [1.54, 1.807) is 19.3 Å². The number of carbonyl (C=O) groups excluding carboxylic acids is 1. The first-order chi connectivity index (χ1) is 13.0. The van der Waals surface area contributed by atoms with Crippen LogP contribution in [0.2, 0.25) is 0 Å². The Labute approximate surface area is 155 Å². The average Bonchev–Trinajstić information content (AvgIpc) is 3.26. The third kappa shape index (κ3) is 3.19. The Kier molecular flexibility index (Phi) is 4.19. The van der Waals surface area contributed by atoms with E-state index in [0.29, 0.717) is 28.8 Å². The number of benzene rings is 1. The Morgan fingerprint density at radius 2 is 2.04 bits per heavy atom. The van der Waals surface area contributed by atoms with Gasteiger partial charge in [-0.25, -0.2) is 0 Å². The molecule has 7 nitrogen and oxygen atoms in total. The van der Waals surface area contributed by atoms with Gasteiger partial charge in [0.1, 0.15) is 17.8 Å². The number of carbonyl (C=O) groups is 1. The van der Waals surface area contributed by atoms with Crippen molar-refractivity contribution in [3.05, 3.63) is 65.4 Å². The molecule has 3 heterocycles. The molecule has 0 N–H and O–H groups in total. The second-order valence-electron chi connectivity index (χ2n) is 6.44. The van der Waals surface area contributed by atoms with Gasteiger partial charge in [-0.1, -0.05) is 23.4 Å². The van der Waals surface area contributed by atoms with Crippen molar-refractivity contribution in [1.29, 1.82) is 0 Å². The molecular weight excluding hydrogens is 344 g/mol. The molecule has 0 atom stereocenters. The Balaban J connectivity index is 1.55. The molecule has 0 aliphatic carbocycles. The lowest BCUT2D eigenvalue weighted by Gasteiger charge is -2.13. The van der Waals surface area contributed by atoms with Crippen LogP contribution in [0, 0.1) is 13.8 Å². The van der Waals surface area contributed by atoms with Crippen molar-refractivity contribution < 1.29 is 13.7 Å². The number of amides is 1. The third-order valence-electron chi connectivity index (χ3n) is 4.37. The number of aryl methyl sites for hydroxylation is 2.